The molecule has 4 rings (SSSR count). The van der Waals surface area contributed by atoms with Crippen LogP contribution in [-0.2, 0) is 10.5 Å². The van der Waals surface area contributed by atoms with E-state index in [4.69, 9.17) is 11.6 Å². The lowest BCUT2D eigenvalue weighted by Gasteiger charge is -2.30. The molecule has 7 nitrogen and oxygen atoms in total. The number of rotatable bonds is 11. The van der Waals surface area contributed by atoms with Crippen molar-refractivity contribution >= 4 is 46.8 Å². The van der Waals surface area contributed by atoms with Gasteiger partial charge < -0.3 is 15.5 Å². The van der Waals surface area contributed by atoms with Crippen molar-refractivity contribution < 1.29 is 9.59 Å². The monoisotopic (exact) mass is 565 g/mol. The van der Waals surface area contributed by atoms with Crippen LogP contribution in [0.2, 0.25) is 5.02 Å². The molecule has 1 fully saturated rings. The van der Waals surface area contributed by atoms with Gasteiger partial charge in [0.25, 0.3) is 0 Å². The number of hydrogen-bond donors (Lipinski definition) is 2. The van der Waals surface area contributed by atoms with E-state index in [1.54, 1.807) is 6.20 Å². The molecule has 1 saturated carbocycles. The first-order valence-electron chi connectivity index (χ1n) is 13.3. The number of nitrogens with zero attached hydrogens (tertiary/aromatic N) is 3. The van der Waals surface area contributed by atoms with Crippen LogP contribution in [0.15, 0.2) is 60.8 Å². The molecular weight excluding hydrogens is 530 g/mol. The first-order valence-corrected chi connectivity index (χ1v) is 14.7. The van der Waals surface area contributed by atoms with Gasteiger partial charge in [0, 0.05) is 55.1 Å². The minimum atomic E-state index is -0.479. The van der Waals surface area contributed by atoms with Crippen LogP contribution in [0.3, 0.4) is 0 Å². The second kappa shape index (κ2) is 13.8. The van der Waals surface area contributed by atoms with Gasteiger partial charge in [-0.2, -0.15) is 4.98 Å². The van der Waals surface area contributed by atoms with Crippen molar-refractivity contribution in [3.63, 3.8) is 0 Å². The molecule has 39 heavy (non-hydrogen) atoms. The van der Waals surface area contributed by atoms with Crippen LogP contribution in [0, 0.1) is 6.92 Å². The van der Waals surface area contributed by atoms with Crippen molar-refractivity contribution in [2.24, 2.45) is 0 Å². The second-order valence-corrected chi connectivity index (χ2v) is 11.9. The van der Waals surface area contributed by atoms with Crippen molar-refractivity contribution in [1.29, 1.82) is 0 Å². The van der Waals surface area contributed by atoms with Gasteiger partial charge in [-0.15, -0.1) is 11.8 Å². The fourth-order valence-electron chi connectivity index (χ4n) is 4.56. The standard InChI is InChI=1S/C30H36ClN5O2S/c1-20-4-8-22(9-5-20)26(37)18-27(39-19-21-6-10-23(31)11-7-21)29(38)33-24-12-14-25(15-13-24)34-30-32-17-16-28(35-30)36(2)3/h4-11,16-17,24-25,27H,12-15,18-19H2,1-3H3,(H,33,38)(H,32,34,35). The quantitative estimate of drug-likeness (QED) is 0.279. The van der Waals surface area contributed by atoms with Gasteiger partial charge in [0.05, 0.1) is 5.25 Å². The SMILES string of the molecule is Cc1ccc(C(=O)CC(SCc2ccc(Cl)cc2)C(=O)NC2CCC(Nc3nccc(N(C)C)n3)CC2)cc1. The minimum absolute atomic E-state index is 0.0216. The van der Waals surface area contributed by atoms with E-state index < -0.39 is 5.25 Å². The molecule has 206 valence electrons. The van der Waals surface area contributed by atoms with E-state index in [-0.39, 0.29) is 30.2 Å². The third-order valence-corrected chi connectivity index (χ3v) is 8.44. The number of aryl methyl sites for hydroxylation is 1. The van der Waals surface area contributed by atoms with Gasteiger partial charge in [0.1, 0.15) is 5.82 Å². The molecule has 1 aliphatic rings. The molecule has 1 aromatic heterocycles. The van der Waals surface area contributed by atoms with Gasteiger partial charge in [0.2, 0.25) is 11.9 Å². The van der Waals surface area contributed by atoms with Gasteiger partial charge in [-0.1, -0.05) is 53.6 Å². The number of ketones is 1. The van der Waals surface area contributed by atoms with E-state index in [1.807, 2.05) is 80.5 Å². The Kier molecular flexibility index (Phi) is 10.2. The Morgan fingerprint density at radius 1 is 1.00 bits per heavy atom. The third kappa shape index (κ3) is 8.70. The van der Waals surface area contributed by atoms with Gasteiger partial charge in [0.15, 0.2) is 5.78 Å². The molecule has 9 heteroatoms. The zero-order valence-electron chi connectivity index (χ0n) is 22.7. The highest BCUT2D eigenvalue weighted by Crippen LogP contribution is 2.26. The Bertz CT molecular complexity index is 1240. The number of halogens is 1. The third-order valence-electron chi connectivity index (χ3n) is 6.91. The largest absolute Gasteiger partial charge is 0.363 e. The summed E-state index contributed by atoms with van der Waals surface area (Å²) in [6.07, 6.45) is 5.45. The van der Waals surface area contributed by atoms with Gasteiger partial charge in [-0.05, 0) is 56.4 Å². The molecule has 1 atom stereocenters. The Labute approximate surface area is 240 Å². The fraction of sp³-hybridized carbons (Fsp3) is 0.400. The summed E-state index contributed by atoms with van der Waals surface area (Å²) in [5.41, 5.74) is 2.80. The Balaban J connectivity index is 1.34. The summed E-state index contributed by atoms with van der Waals surface area (Å²) < 4.78 is 0. The highest BCUT2D eigenvalue weighted by atomic mass is 35.5. The Morgan fingerprint density at radius 3 is 2.33 bits per heavy atom. The molecule has 1 heterocycles. The summed E-state index contributed by atoms with van der Waals surface area (Å²) in [7, 11) is 3.91. The molecular formula is C30H36ClN5O2S. The summed E-state index contributed by atoms with van der Waals surface area (Å²) in [5, 5.41) is 6.88. The van der Waals surface area contributed by atoms with Crippen molar-refractivity contribution in [2.45, 2.75) is 62.1 Å². The number of nitrogens with one attached hydrogen (secondary N) is 2. The fourth-order valence-corrected chi connectivity index (χ4v) is 5.76. The number of carbonyl (C=O) groups excluding carboxylic acids is 2. The number of amides is 1. The lowest BCUT2D eigenvalue weighted by Crippen LogP contribution is -2.44. The maximum absolute atomic E-state index is 13.4. The number of Topliss-reactive ketones (excluding diaryl/α,β-unsaturated/α-hetero) is 1. The van der Waals surface area contributed by atoms with Crippen LogP contribution in [0.1, 0.15) is 53.6 Å². The predicted octanol–water partition coefficient (Wildman–Crippen LogP) is 5.92. The second-order valence-electron chi connectivity index (χ2n) is 10.3. The van der Waals surface area contributed by atoms with E-state index in [9.17, 15) is 9.59 Å². The average Bonchev–Trinajstić information content (AvgIpc) is 2.93. The Morgan fingerprint density at radius 2 is 1.67 bits per heavy atom. The van der Waals surface area contributed by atoms with Gasteiger partial charge in [-0.25, -0.2) is 4.98 Å². The summed E-state index contributed by atoms with van der Waals surface area (Å²) in [4.78, 5) is 37.4. The highest BCUT2D eigenvalue weighted by molar-refractivity contribution is 7.99. The molecule has 0 radical (unpaired) electrons. The van der Waals surface area contributed by atoms with Gasteiger partial charge >= 0.3 is 0 Å². The van der Waals surface area contributed by atoms with Crippen molar-refractivity contribution in [2.75, 3.05) is 24.3 Å². The maximum atomic E-state index is 13.4. The lowest BCUT2D eigenvalue weighted by molar-refractivity contribution is -0.121. The van der Waals surface area contributed by atoms with E-state index in [2.05, 4.69) is 20.6 Å². The molecule has 1 aliphatic carbocycles. The number of thioether (sulfide) groups is 1. The van der Waals surface area contributed by atoms with Crippen LogP contribution >= 0.6 is 23.4 Å². The molecule has 0 saturated heterocycles. The van der Waals surface area contributed by atoms with E-state index in [0.29, 0.717) is 22.3 Å². The first-order chi connectivity index (χ1) is 18.8. The van der Waals surface area contributed by atoms with E-state index in [0.717, 1.165) is 42.6 Å². The van der Waals surface area contributed by atoms with Gasteiger partial charge in [-0.3, -0.25) is 9.59 Å². The Hall–Kier alpha value is -3.10. The van der Waals surface area contributed by atoms with E-state index >= 15 is 0 Å². The molecule has 2 N–H and O–H groups in total. The molecule has 3 aromatic rings. The van der Waals surface area contributed by atoms with Crippen LogP contribution in [-0.4, -0.2) is 53.1 Å². The molecule has 0 bridgehead atoms. The zero-order chi connectivity index (χ0) is 27.8. The summed E-state index contributed by atoms with van der Waals surface area (Å²) >= 11 is 7.53. The molecule has 1 amide bonds. The van der Waals surface area contributed by atoms with Crippen molar-refractivity contribution in [3.05, 3.63) is 82.5 Å². The molecule has 2 aromatic carbocycles. The van der Waals surface area contributed by atoms with Crippen LogP contribution in [0.25, 0.3) is 0 Å². The number of aromatic nitrogens is 2. The average molecular weight is 566 g/mol. The lowest BCUT2D eigenvalue weighted by atomic mass is 9.91. The van der Waals surface area contributed by atoms with Crippen LogP contribution in [0.5, 0.6) is 0 Å². The smallest absolute Gasteiger partial charge is 0.233 e. The maximum Gasteiger partial charge on any atom is 0.233 e. The highest BCUT2D eigenvalue weighted by Gasteiger charge is 2.28. The number of benzene rings is 2. The first kappa shape index (κ1) is 28.9. The molecule has 1 unspecified atom stereocenters. The zero-order valence-corrected chi connectivity index (χ0v) is 24.3. The number of carbonyl (C=O) groups is 2. The molecule has 0 spiro atoms. The van der Waals surface area contributed by atoms with Crippen molar-refractivity contribution in [3.8, 4) is 0 Å². The predicted molar refractivity (Wildman–Crippen MR) is 161 cm³/mol. The normalized spacial score (nSPS) is 17.7. The van der Waals surface area contributed by atoms with Crippen LogP contribution in [0.4, 0.5) is 11.8 Å². The molecule has 0 aliphatic heterocycles. The van der Waals surface area contributed by atoms with E-state index in [1.165, 1.54) is 11.8 Å². The summed E-state index contributed by atoms with van der Waals surface area (Å²) in [5.74, 6) is 2.01. The topological polar surface area (TPSA) is 87.2 Å². The van der Waals surface area contributed by atoms with Crippen LogP contribution < -0.4 is 15.5 Å². The number of hydrogen-bond acceptors (Lipinski definition) is 7. The minimum Gasteiger partial charge on any atom is -0.363 e. The number of anilines is 2. The summed E-state index contributed by atoms with van der Waals surface area (Å²) in [6, 6.07) is 17.3. The summed E-state index contributed by atoms with van der Waals surface area (Å²) in [6.45, 7) is 1.99. The van der Waals surface area contributed by atoms with Crippen molar-refractivity contribution in [1.82, 2.24) is 15.3 Å².